The molecule has 108 valence electrons. The summed E-state index contributed by atoms with van der Waals surface area (Å²) in [7, 11) is 0. The van der Waals surface area contributed by atoms with Gasteiger partial charge in [-0.3, -0.25) is 4.79 Å². The van der Waals surface area contributed by atoms with E-state index >= 15 is 0 Å². The monoisotopic (exact) mass is 307 g/mol. The van der Waals surface area contributed by atoms with E-state index in [-0.39, 0.29) is 16.1 Å². The normalized spacial score (nSPS) is 10.2. The van der Waals surface area contributed by atoms with Gasteiger partial charge in [0.25, 0.3) is 5.91 Å². The van der Waals surface area contributed by atoms with E-state index in [1.165, 1.54) is 24.3 Å². The minimum absolute atomic E-state index is 0.00993. The topological polar surface area (TPSA) is 66.4 Å². The van der Waals surface area contributed by atoms with Crippen LogP contribution in [0.1, 0.15) is 26.3 Å². The average Bonchev–Trinajstić information content (AvgIpc) is 2.37. The van der Waals surface area contributed by atoms with Gasteiger partial charge in [-0.25, -0.2) is 9.18 Å². The van der Waals surface area contributed by atoms with Crippen LogP contribution in [0.2, 0.25) is 5.02 Å². The summed E-state index contributed by atoms with van der Waals surface area (Å²) in [4.78, 5) is 22.8. The molecule has 2 aromatic rings. The van der Waals surface area contributed by atoms with Gasteiger partial charge in [0, 0.05) is 11.3 Å². The number of hydrogen-bond donors (Lipinski definition) is 2. The van der Waals surface area contributed by atoms with Crippen LogP contribution in [0.3, 0.4) is 0 Å². The Balaban J connectivity index is 2.23. The third kappa shape index (κ3) is 3.58. The van der Waals surface area contributed by atoms with Crippen molar-refractivity contribution in [1.82, 2.24) is 0 Å². The molecular weight excluding hydrogens is 297 g/mol. The number of nitrogens with one attached hydrogen (secondary N) is 1. The fourth-order valence-corrected chi connectivity index (χ4v) is 2.10. The molecule has 0 bridgehead atoms. The van der Waals surface area contributed by atoms with Gasteiger partial charge in [-0.1, -0.05) is 11.6 Å². The molecule has 0 spiro atoms. The van der Waals surface area contributed by atoms with E-state index in [0.29, 0.717) is 11.3 Å². The maximum absolute atomic E-state index is 13.3. The largest absolute Gasteiger partial charge is 0.478 e. The second-order valence-electron chi connectivity index (χ2n) is 4.47. The standard InChI is InChI=1S/C15H11ClFNO3/c1-8-4-9(6-10(17)5-8)14(19)18-11-2-3-12(15(20)21)13(16)7-11/h2-7H,1H3,(H,18,19)(H,20,21). The second kappa shape index (κ2) is 5.93. The molecule has 0 aliphatic heterocycles. The van der Waals surface area contributed by atoms with Crippen LogP contribution in [0.4, 0.5) is 10.1 Å². The molecule has 0 saturated carbocycles. The van der Waals surface area contributed by atoms with Crippen LogP contribution in [-0.2, 0) is 0 Å². The lowest BCUT2D eigenvalue weighted by Crippen LogP contribution is -2.12. The smallest absolute Gasteiger partial charge is 0.337 e. The number of anilines is 1. The molecule has 4 nitrogen and oxygen atoms in total. The molecule has 0 aromatic heterocycles. The number of halogens is 2. The highest BCUT2D eigenvalue weighted by Gasteiger charge is 2.12. The summed E-state index contributed by atoms with van der Waals surface area (Å²) in [6, 6.07) is 8.02. The number of carbonyl (C=O) groups excluding carboxylic acids is 1. The summed E-state index contributed by atoms with van der Waals surface area (Å²) in [6.45, 7) is 1.68. The van der Waals surface area contributed by atoms with Crippen molar-refractivity contribution in [3.8, 4) is 0 Å². The van der Waals surface area contributed by atoms with Gasteiger partial charge in [-0.2, -0.15) is 0 Å². The lowest BCUT2D eigenvalue weighted by Gasteiger charge is -2.08. The van der Waals surface area contributed by atoms with E-state index in [2.05, 4.69) is 5.32 Å². The first-order valence-corrected chi connectivity index (χ1v) is 6.36. The van der Waals surface area contributed by atoms with Crippen molar-refractivity contribution < 1.29 is 19.1 Å². The molecular formula is C15H11ClFNO3. The van der Waals surface area contributed by atoms with Gasteiger partial charge in [0.2, 0.25) is 0 Å². The predicted molar refractivity (Wildman–Crippen MR) is 77.5 cm³/mol. The number of carboxylic acids is 1. The summed E-state index contributed by atoms with van der Waals surface area (Å²) in [5.74, 6) is -2.16. The average molecular weight is 308 g/mol. The minimum atomic E-state index is -1.15. The Labute approximate surface area is 125 Å². The Bertz CT molecular complexity index is 711. The lowest BCUT2D eigenvalue weighted by atomic mass is 10.1. The van der Waals surface area contributed by atoms with Crippen LogP contribution in [0.15, 0.2) is 36.4 Å². The van der Waals surface area contributed by atoms with Gasteiger partial charge < -0.3 is 10.4 Å². The zero-order chi connectivity index (χ0) is 15.6. The summed E-state index contributed by atoms with van der Waals surface area (Å²) < 4.78 is 13.3. The van der Waals surface area contributed by atoms with Crippen LogP contribution >= 0.6 is 11.6 Å². The molecule has 0 saturated heterocycles. The van der Waals surface area contributed by atoms with Crippen molar-refractivity contribution in [1.29, 1.82) is 0 Å². The molecule has 6 heteroatoms. The van der Waals surface area contributed by atoms with E-state index in [9.17, 15) is 14.0 Å². The van der Waals surface area contributed by atoms with Crippen LogP contribution in [0.25, 0.3) is 0 Å². The van der Waals surface area contributed by atoms with Crippen molar-refractivity contribution in [2.24, 2.45) is 0 Å². The lowest BCUT2D eigenvalue weighted by molar-refractivity contribution is 0.0697. The van der Waals surface area contributed by atoms with Crippen molar-refractivity contribution >= 4 is 29.2 Å². The van der Waals surface area contributed by atoms with E-state index in [0.717, 1.165) is 6.07 Å². The number of carbonyl (C=O) groups is 2. The van der Waals surface area contributed by atoms with Crippen molar-refractivity contribution in [2.45, 2.75) is 6.92 Å². The van der Waals surface area contributed by atoms with Crippen LogP contribution < -0.4 is 5.32 Å². The molecule has 0 atom stereocenters. The molecule has 2 rings (SSSR count). The predicted octanol–water partition coefficient (Wildman–Crippen LogP) is 3.74. The number of benzene rings is 2. The van der Waals surface area contributed by atoms with Gasteiger partial charge in [0.15, 0.2) is 0 Å². The highest BCUT2D eigenvalue weighted by atomic mass is 35.5. The minimum Gasteiger partial charge on any atom is -0.478 e. The molecule has 0 heterocycles. The van der Waals surface area contributed by atoms with Gasteiger partial charge in [-0.05, 0) is 48.9 Å². The Morgan fingerprint density at radius 3 is 2.48 bits per heavy atom. The first kappa shape index (κ1) is 15.0. The highest BCUT2D eigenvalue weighted by Crippen LogP contribution is 2.21. The molecule has 0 radical (unpaired) electrons. The zero-order valence-corrected chi connectivity index (χ0v) is 11.7. The number of aromatic carboxylic acids is 1. The van der Waals surface area contributed by atoms with Gasteiger partial charge in [0.05, 0.1) is 10.6 Å². The number of rotatable bonds is 3. The molecule has 0 aliphatic carbocycles. The van der Waals surface area contributed by atoms with E-state index in [4.69, 9.17) is 16.7 Å². The summed E-state index contributed by atoms with van der Waals surface area (Å²) in [5.41, 5.74) is 1.07. The van der Waals surface area contributed by atoms with Crippen LogP contribution in [0, 0.1) is 12.7 Å². The van der Waals surface area contributed by atoms with Gasteiger partial charge >= 0.3 is 5.97 Å². The molecule has 2 N–H and O–H groups in total. The number of hydrogen-bond acceptors (Lipinski definition) is 2. The summed E-state index contributed by atoms with van der Waals surface area (Å²) >= 11 is 5.81. The summed E-state index contributed by atoms with van der Waals surface area (Å²) in [6.07, 6.45) is 0. The maximum atomic E-state index is 13.3. The number of aryl methyl sites for hydroxylation is 1. The first-order valence-electron chi connectivity index (χ1n) is 5.98. The van der Waals surface area contributed by atoms with Gasteiger partial charge in [0.1, 0.15) is 5.82 Å². The number of amides is 1. The Morgan fingerprint density at radius 2 is 1.90 bits per heavy atom. The highest BCUT2D eigenvalue weighted by molar-refractivity contribution is 6.33. The molecule has 21 heavy (non-hydrogen) atoms. The molecule has 0 fully saturated rings. The molecule has 0 unspecified atom stereocenters. The van der Waals surface area contributed by atoms with Gasteiger partial charge in [-0.15, -0.1) is 0 Å². The van der Waals surface area contributed by atoms with E-state index in [1.54, 1.807) is 13.0 Å². The van der Waals surface area contributed by atoms with E-state index < -0.39 is 17.7 Å². The van der Waals surface area contributed by atoms with Crippen molar-refractivity contribution in [3.63, 3.8) is 0 Å². The quantitative estimate of drug-likeness (QED) is 0.907. The third-order valence-corrected chi connectivity index (χ3v) is 3.07. The molecule has 1 amide bonds. The molecule has 0 aliphatic rings. The molecule has 2 aromatic carbocycles. The Morgan fingerprint density at radius 1 is 1.19 bits per heavy atom. The third-order valence-electron chi connectivity index (χ3n) is 2.76. The second-order valence-corrected chi connectivity index (χ2v) is 4.88. The fraction of sp³-hybridized carbons (Fsp3) is 0.0667. The van der Waals surface area contributed by atoms with Crippen molar-refractivity contribution in [3.05, 3.63) is 63.9 Å². The van der Waals surface area contributed by atoms with Crippen molar-refractivity contribution in [2.75, 3.05) is 5.32 Å². The zero-order valence-electron chi connectivity index (χ0n) is 11.0. The maximum Gasteiger partial charge on any atom is 0.337 e. The van der Waals surface area contributed by atoms with Crippen LogP contribution in [0.5, 0.6) is 0 Å². The Hall–Kier alpha value is -2.40. The summed E-state index contributed by atoms with van der Waals surface area (Å²) in [5, 5.41) is 11.4. The van der Waals surface area contributed by atoms with Crippen LogP contribution in [-0.4, -0.2) is 17.0 Å². The fourth-order valence-electron chi connectivity index (χ4n) is 1.84. The first-order chi connectivity index (χ1) is 9.86. The number of carboxylic acid groups (broad SMARTS) is 1. The van der Waals surface area contributed by atoms with E-state index in [1.807, 2.05) is 0 Å². The SMILES string of the molecule is Cc1cc(F)cc(C(=O)Nc2ccc(C(=O)O)c(Cl)c2)c1. The Kier molecular flexibility index (Phi) is 4.23.